The van der Waals surface area contributed by atoms with Gasteiger partial charge in [0.2, 0.25) is 10.0 Å². The van der Waals surface area contributed by atoms with Gasteiger partial charge in [0.25, 0.3) is 0 Å². The summed E-state index contributed by atoms with van der Waals surface area (Å²) in [6.45, 7) is 0. The van der Waals surface area contributed by atoms with Crippen molar-refractivity contribution in [1.29, 1.82) is 0 Å². The van der Waals surface area contributed by atoms with Crippen LogP contribution in [0.5, 0.6) is 11.5 Å². The molecule has 1 heterocycles. The van der Waals surface area contributed by atoms with Crippen LogP contribution >= 0.6 is 11.6 Å². The maximum absolute atomic E-state index is 14.5. The second kappa shape index (κ2) is 7.36. The maximum atomic E-state index is 14.5. The van der Waals surface area contributed by atoms with Gasteiger partial charge in [0.1, 0.15) is 17.3 Å². The van der Waals surface area contributed by atoms with Crippen LogP contribution in [0.1, 0.15) is 23.6 Å². The number of hydrogen-bond acceptors (Lipinski definition) is 5. The van der Waals surface area contributed by atoms with E-state index in [1.54, 1.807) is 18.2 Å². The molecule has 0 saturated heterocycles. The van der Waals surface area contributed by atoms with Crippen molar-refractivity contribution in [3.8, 4) is 11.5 Å². The molecule has 9 heteroatoms. The minimum atomic E-state index is -3.76. The Hall–Kier alpha value is -2.32. The lowest BCUT2D eigenvalue weighted by molar-refractivity contribution is 0.365. The molecule has 1 unspecified atom stereocenters. The van der Waals surface area contributed by atoms with Gasteiger partial charge in [-0.25, -0.2) is 12.8 Å². The lowest BCUT2D eigenvalue weighted by Crippen LogP contribution is -2.26. The largest absolute Gasteiger partial charge is 0.497 e. The van der Waals surface area contributed by atoms with Crippen LogP contribution in [0.4, 0.5) is 4.39 Å². The van der Waals surface area contributed by atoms with Gasteiger partial charge in [-0.15, -0.1) is 0 Å². The predicted molar refractivity (Wildman–Crippen MR) is 102 cm³/mol. The third-order valence-corrected chi connectivity index (χ3v) is 5.61. The maximum Gasteiger partial charge on any atom is 0.247 e. The van der Waals surface area contributed by atoms with Gasteiger partial charge in [-0.1, -0.05) is 17.7 Å². The Bertz CT molecular complexity index is 990. The Morgan fingerprint density at radius 2 is 1.96 bits per heavy atom. The summed E-state index contributed by atoms with van der Waals surface area (Å²) in [6, 6.07) is 8.45. The van der Waals surface area contributed by atoms with E-state index in [0.717, 1.165) is 10.7 Å². The van der Waals surface area contributed by atoms with Crippen molar-refractivity contribution >= 4 is 27.3 Å². The number of hydrogen-bond donors (Lipinski definition) is 0. The monoisotopic (exact) mass is 412 g/mol. The second-order valence-corrected chi connectivity index (χ2v) is 8.25. The number of nitrogens with zero attached hydrogens (tertiary/aromatic N) is 2. The van der Waals surface area contributed by atoms with E-state index in [9.17, 15) is 12.8 Å². The SMILES string of the molecule is COc1ccc(OC)c(C2=NN(S(C)(=O)=O)C(c3c(F)cccc3Cl)C2)c1. The van der Waals surface area contributed by atoms with Gasteiger partial charge in [0.15, 0.2) is 0 Å². The molecule has 1 aliphatic rings. The molecule has 0 aromatic heterocycles. The molecule has 0 saturated carbocycles. The van der Waals surface area contributed by atoms with Crippen molar-refractivity contribution < 1.29 is 22.3 Å². The average molecular weight is 413 g/mol. The van der Waals surface area contributed by atoms with Crippen LogP contribution in [0.2, 0.25) is 5.02 Å². The molecule has 2 aromatic rings. The van der Waals surface area contributed by atoms with E-state index < -0.39 is 21.9 Å². The van der Waals surface area contributed by atoms with Crippen LogP contribution in [-0.4, -0.2) is 39.0 Å². The van der Waals surface area contributed by atoms with E-state index >= 15 is 0 Å². The fourth-order valence-electron chi connectivity index (χ4n) is 3.04. The van der Waals surface area contributed by atoms with Gasteiger partial charge in [-0.2, -0.15) is 9.52 Å². The first-order valence-electron chi connectivity index (χ1n) is 7.99. The molecule has 0 radical (unpaired) electrons. The first-order chi connectivity index (χ1) is 12.8. The van der Waals surface area contributed by atoms with Crippen molar-refractivity contribution in [3.63, 3.8) is 0 Å². The van der Waals surface area contributed by atoms with Crippen LogP contribution in [0.25, 0.3) is 0 Å². The highest BCUT2D eigenvalue weighted by molar-refractivity contribution is 7.88. The highest BCUT2D eigenvalue weighted by Gasteiger charge is 2.38. The molecule has 0 bridgehead atoms. The van der Waals surface area contributed by atoms with Crippen molar-refractivity contribution in [1.82, 2.24) is 4.41 Å². The minimum Gasteiger partial charge on any atom is -0.497 e. The first kappa shape index (κ1) is 19.4. The van der Waals surface area contributed by atoms with Gasteiger partial charge >= 0.3 is 0 Å². The molecule has 3 rings (SSSR count). The number of hydrazone groups is 1. The van der Waals surface area contributed by atoms with Gasteiger partial charge in [0.05, 0.1) is 32.2 Å². The summed E-state index contributed by atoms with van der Waals surface area (Å²) in [5, 5.41) is 4.40. The summed E-state index contributed by atoms with van der Waals surface area (Å²) in [7, 11) is -0.740. The van der Waals surface area contributed by atoms with Gasteiger partial charge < -0.3 is 9.47 Å². The highest BCUT2D eigenvalue weighted by atomic mass is 35.5. The molecule has 1 aliphatic heterocycles. The van der Waals surface area contributed by atoms with Crippen LogP contribution < -0.4 is 9.47 Å². The smallest absolute Gasteiger partial charge is 0.247 e. The highest BCUT2D eigenvalue weighted by Crippen LogP contribution is 2.40. The normalized spacial score (nSPS) is 17.0. The van der Waals surface area contributed by atoms with Crippen LogP contribution in [0.15, 0.2) is 41.5 Å². The fraction of sp³-hybridized carbons (Fsp3) is 0.278. The first-order valence-corrected chi connectivity index (χ1v) is 10.2. The standard InChI is InChI=1S/C18H18ClFN2O4S/c1-25-11-7-8-17(26-2)12(9-11)15-10-16(22(21-15)27(3,23)24)18-13(19)5-4-6-14(18)20/h4-9,16H,10H2,1-3H3. The zero-order valence-electron chi connectivity index (χ0n) is 14.9. The molecule has 144 valence electrons. The Labute approximate surface area is 162 Å². The zero-order chi connectivity index (χ0) is 19.8. The molecule has 2 aromatic carbocycles. The van der Waals surface area contributed by atoms with Crippen molar-refractivity contribution in [2.75, 3.05) is 20.5 Å². The summed E-state index contributed by atoms with van der Waals surface area (Å²) in [5.74, 6) is 0.477. The van der Waals surface area contributed by atoms with Crippen molar-refractivity contribution in [2.45, 2.75) is 12.5 Å². The molecule has 27 heavy (non-hydrogen) atoms. The predicted octanol–water partition coefficient (Wildman–Crippen LogP) is 3.61. The van der Waals surface area contributed by atoms with Gasteiger partial charge in [-0.3, -0.25) is 0 Å². The van der Waals surface area contributed by atoms with Crippen molar-refractivity contribution in [2.24, 2.45) is 5.10 Å². The lowest BCUT2D eigenvalue weighted by atomic mass is 9.98. The summed E-state index contributed by atoms with van der Waals surface area (Å²) in [5.41, 5.74) is 1.09. The van der Waals surface area contributed by atoms with Gasteiger partial charge in [-0.05, 0) is 30.3 Å². The third-order valence-electron chi connectivity index (χ3n) is 4.26. The average Bonchev–Trinajstić information content (AvgIpc) is 3.06. The molecule has 6 nitrogen and oxygen atoms in total. The number of ether oxygens (including phenoxy) is 2. The molecule has 0 spiro atoms. The van der Waals surface area contributed by atoms with Crippen LogP contribution in [0, 0.1) is 5.82 Å². The van der Waals surface area contributed by atoms with E-state index in [1.807, 2.05) is 0 Å². The van der Waals surface area contributed by atoms with Crippen LogP contribution in [-0.2, 0) is 10.0 Å². The third kappa shape index (κ3) is 3.72. The number of rotatable bonds is 5. The number of benzene rings is 2. The summed E-state index contributed by atoms with van der Waals surface area (Å²) in [4.78, 5) is 0. The number of methoxy groups -OCH3 is 2. The molecule has 0 aliphatic carbocycles. The van der Waals surface area contributed by atoms with Gasteiger partial charge in [0, 0.05) is 22.6 Å². The Morgan fingerprint density at radius 3 is 2.56 bits per heavy atom. The molecule has 0 fully saturated rings. The minimum absolute atomic E-state index is 0.0882. The molecular weight excluding hydrogens is 395 g/mol. The number of sulfonamides is 1. The molecule has 0 N–H and O–H groups in total. The Balaban J connectivity index is 2.13. The second-order valence-electron chi connectivity index (χ2n) is 6.00. The molecular formula is C18H18ClFN2O4S. The fourth-order valence-corrected chi connectivity index (χ4v) is 4.22. The molecule has 1 atom stereocenters. The summed E-state index contributed by atoms with van der Waals surface area (Å²) >= 11 is 6.17. The van der Waals surface area contributed by atoms with E-state index in [-0.39, 0.29) is 17.0 Å². The molecule has 0 amide bonds. The summed E-state index contributed by atoms with van der Waals surface area (Å²) in [6.07, 6.45) is 1.15. The van der Waals surface area contributed by atoms with Crippen molar-refractivity contribution in [3.05, 3.63) is 58.4 Å². The van der Waals surface area contributed by atoms with E-state index in [0.29, 0.717) is 22.8 Å². The van der Waals surface area contributed by atoms with E-state index in [1.165, 1.54) is 32.4 Å². The zero-order valence-corrected chi connectivity index (χ0v) is 16.5. The van der Waals surface area contributed by atoms with Crippen LogP contribution in [0.3, 0.4) is 0 Å². The Kier molecular flexibility index (Phi) is 5.30. The Morgan fingerprint density at radius 1 is 1.22 bits per heavy atom. The quantitative estimate of drug-likeness (QED) is 0.752. The lowest BCUT2D eigenvalue weighted by Gasteiger charge is -2.22. The summed E-state index contributed by atoms with van der Waals surface area (Å²) < 4.78 is 50.5. The number of halogens is 2. The topological polar surface area (TPSA) is 68.2 Å². The van der Waals surface area contributed by atoms with E-state index in [2.05, 4.69) is 5.10 Å². The van der Waals surface area contributed by atoms with E-state index in [4.69, 9.17) is 21.1 Å².